The van der Waals surface area contributed by atoms with E-state index in [-0.39, 0.29) is 24.3 Å². The average Bonchev–Trinajstić information content (AvgIpc) is 3.82. The van der Waals surface area contributed by atoms with Gasteiger partial charge in [0.05, 0.1) is 35.9 Å². The number of allylic oxidation sites excluding steroid dienone is 6. The zero-order chi connectivity index (χ0) is 29.0. The molecule has 1 aromatic carbocycles. The first-order valence-electron chi connectivity index (χ1n) is 14.4. The van der Waals surface area contributed by atoms with Crippen LogP contribution in [0.3, 0.4) is 0 Å². The number of benzene rings is 1. The van der Waals surface area contributed by atoms with Crippen LogP contribution in [0.25, 0.3) is 11.3 Å². The molecule has 4 unspecified atom stereocenters. The molecule has 1 amide bonds. The number of guanidine groups is 1. The highest BCUT2D eigenvalue weighted by Gasteiger charge is 2.39. The van der Waals surface area contributed by atoms with E-state index in [1.807, 2.05) is 72.7 Å². The number of hydrogen-bond donors (Lipinski definition) is 3. The van der Waals surface area contributed by atoms with Crippen LogP contribution >= 0.6 is 0 Å². The molecule has 4 atom stereocenters. The number of aromatic nitrogens is 2. The predicted octanol–water partition coefficient (Wildman–Crippen LogP) is 4.97. The van der Waals surface area contributed by atoms with E-state index in [0.29, 0.717) is 29.7 Å². The number of amides is 1. The molecule has 1 saturated carbocycles. The minimum absolute atomic E-state index is 0.0112. The summed E-state index contributed by atoms with van der Waals surface area (Å²) >= 11 is 0. The molecule has 2 aromatic rings. The van der Waals surface area contributed by atoms with Crippen LogP contribution in [-0.4, -0.2) is 56.7 Å². The van der Waals surface area contributed by atoms with Crippen molar-refractivity contribution in [3.63, 3.8) is 0 Å². The van der Waals surface area contributed by atoms with Gasteiger partial charge in [0, 0.05) is 18.8 Å². The Morgan fingerprint density at radius 2 is 1.98 bits per heavy atom. The van der Waals surface area contributed by atoms with E-state index in [2.05, 4.69) is 21.3 Å². The third-order valence-electron chi connectivity index (χ3n) is 8.84. The number of halogens is 1. The first kappa shape index (κ1) is 26.4. The summed E-state index contributed by atoms with van der Waals surface area (Å²) in [5.41, 5.74) is 11.3. The number of aliphatic hydroxyl groups excluding tert-OH is 1. The van der Waals surface area contributed by atoms with Crippen molar-refractivity contribution in [2.24, 2.45) is 28.5 Å². The molecule has 8 nitrogen and oxygen atoms in total. The third-order valence-corrected chi connectivity index (χ3v) is 8.84. The summed E-state index contributed by atoms with van der Waals surface area (Å²) in [5, 5.41) is 18.3. The maximum absolute atomic E-state index is 15.4. The Morgan fingerprint density at radius 3 is 2.74 bits per heavy atom. The van der Waals surface area contributed by atoms with Crippen LogP contribution in [0.15, 0.2) is 107 Å². The Balaban J connectivity index is 1.25. The van der Waals surface area contributed by atoms with E-state index in [1.165, 1.54) is 0 Å². The lowest BCUT2D eigenvalue weighted by Gasteiger charge is -2.35. The predicted molar refractivity (Wildman–Crippen MR) is 160 cm³/mol. The van der Waals surface area contributed by atoms with Crippen LogP contribution in [0, 0.1) is 17.8 Å². The Hall–Kier alpha value is -4.50. The fourth-order valence-corrected chi connectivity index (χ4v) is 6.44. The molecular weight excluding hydrogens is 531 g/mol. The van der Waals surface area contributed by atoms with Crippen LogP contribution in [0.5, 0.6) is 0 Å². The maximum atomic E-state index is 15.4. The van der Waals surface area contributed by atoms with Crippen LogP contribution < -0.4 is 5.73 Å². The van der Waals surface area contributed by atoms with Gasteiger partial charge in [-0.05, 0) is 53.9 Å². The highest BCUT2D eigenvalue weighted by Crippen LogP contribution is 2.45. The van der Waals surface area contributed by atoms with Gasteiger partial charge in [0.25, 0.3) is 0 Å². The van der Waals surface area contributed by atoms with Crippen LogP contribution in [0.1, 0.15) is 30.9 Å². The highest BCUT2D eigenvalue weighted by molar-refractivity contribution is 5.87. The number of nitrogens with zero attached hydrogens (tertiary/aromatic N) is 4. The van der Waals surface area contributed by atoms with Gasteiger partial charge in [0.15, 0.2) is 11.8 Å². The number of aromatic amines is 1. The fourth-order valence-electron chi connectivity index (χ4n) is 6.44. The molecule has 0 saturated heterocycles. The lowest BCUT2D eigenvalue weighted by Crippen LogP contribution is -2.40. The van der Waals surface area contributed by atoms with Crippen molar-refractivity contribution in [1.82, 2.24) is 20.0 Å². The van der Waals surface area contributed by atoms with E-state index in [4.69, 9.17) is 5.73 Å². The second kappa shape index (κ2) is 10.4. The van der Waals surface area contributed by atoms with Gasteiger partial charge in [-0.15, -0.1) is 0 Å². The summed E-state index contributed by atoms with van der Waals surface area (Å²) in [6.45, 7) is -0.265. The van der Waals surface area contributed by atoms with Crippen molar-refractivity contribution in [3.05, 3.63) is 107 Å². The first-order chi connectivity index (χ1) is 20.4. The van der Waals surface area contributed by atoms with E-state index in [9.17, 15) is 9.90 Å². The zero-order valence-corrected chi connectivity index (χ0v) is 23.3. The molecule has 1 fully saturated rings. The topological polar surface area (TPSA) is 111 Å². The molecular formula is C33H33FN6O2. The summed E-state index contributed by atoms with van der Waals surface area (Å²) in [6, 6.07) is 8.92. The Kier molecular flexibility index (Phi) is 6.54. The Bertz CT molecular complexity index is 1640. The molecule has 2 aliphatic heterocycles. The monoisotopic (exact) mass is 564 g/mol. The number of H-pyrrole nitrogens is 1. The van der Waals surface area contributed by atoms with Crippen molar-refractivity contribution in [3.8, 4) is 11.3 Å². The molecule has 214 valence electrons. The molecule has 2 bridgehead atoms. The normalized spacial score (nSPS) is 27.2. The quantitative estimate of drug-likeness (QED) is 0.475. The number of nitrogens with two attached hydrogens (primary N) is 1. The fraction of sp³-hybridized carbons (Fsp3) is 0.303. The van der Waals surface area contributed by atoms with Crippen LogP contribution in [-0.2, 0) is 4.79 Å². The molecule has 9 heteroatoms. The average molecular weight is 565 g/mol. The summed E-state index contributed by atoms with van der Waals surface area (Å²) in [6.07, 6.45) is 17.7. The van der Waals surface area contributed by atoms with E-state index in [1.54, 1.807) is 17.2 Å². The molecule has 3 aliphatic carbocycles. The van der Waals surface area contributed by atoms with Crippen molar-refractivity contribution in [2.45, 2.75) is 31.3 Å². The maximum Gasteiger partial charge on any atom is 0.237 e. The molecule has 3 heterocycles. The molecule has 4 N–H and O–H groups in total. The zero-order valence-electron chi connectivity index (χ0n) is 23.3. The summed E-state index contributed by atoms with van der Waals surface area (Å²) < 4.78 is 15.4. The van der Waals surface area contributed by atoms with Crippen LogP contribution in [0.2, 0.25) is 0 Å². The number of aliphatic imine (C=N–C) groups is 1. The number of nitrogens with one attached hydrogen (secondary N) is 1. The van der Waals surface area contributed by atoms with E-state index >= 15 is 4.39 Å². The minimum Gasteiger partial charge on any atom is -0.392 e. The lowest BCUT2D eigenvalue weighted by molar-refractivity contribution is -0.132. The van der Waals surface area contributed by atoms with Crippen molar-refractivity contribution in [2.75, 3.05) is 13.7 Å². The number of hydrogen-bond acceptors (Lipinski definition) is 6. The molecule has 0 radical (unpaired) electrons. The number of carbonyl (C=O) groups excluding carboxylic acids is 1. The van der Waals surface area contributed by atoms with Gasteiger partial charge in [0.1, 0.15) is 5.83 Å². The summed E-state index contributed by atoms with van der Waals surface area (Å²) in [4.78, 5) is 21.8. The molecule has 7 rings (SSSR count). The standard InChI is InChI=1S/C33H33FN6O2/c1-39-30(28-29(21-6-3-2-4-7-21)37-38-31(28)36-33(39)35)25-9-5-8-24(16-23(25)18-41)40-13-12-19-14-22(20-10-11-20)17-27(34)26(15-19)32(40)42/h2-9,12-14,16-17,19-20,24,26,30,41H,10-11,15,18H2,1H3,(H3,35,36,37,38). The number of rotatable bonds is 5. The lowest BCUT2D eigenvalue weighted by atomic mass is 9.88. The van der Waals surface area contributed by atoms with E-state index < -0.39 is 18.0 Å². The third kappa shape index (κ3) is 4.54. The van der Waals surface area contributed by atoms with Gasteiger partial charge >= 0.3 is 0 Å². The second-order valence-electron chi connectivity index (χ2n) is 11.5. The van der Waals surface area contributed by atoms with Gasteiger partial charge in [-0.3, -0.25) is 9.89 Å². The SMILES string of the molecule is CN1C(N)=Nc2[nH]nc(-c3ccccc3)c2C1C1=CC=CC(N2C=CC3C=C(C4CC4)C=C(F)C(C3)C2=O)C=C1CO. The number of likely N-dealkylation sites (N-methyl/N-ethyl adjacent to an activating group) is 1. The smallest absolute Gasteiger partial charge is 0.237 e. The largest absolute Gasteiger partial charge is 0.392 e. The van der Waals surface area contributed by atoms with Crippen molar-refractivity contribution >= 4 is 17.7 Å². The van der Waals surface area contributed by atoms with Gasteiger partial charge in [0.2, 0.25) is 5.91 Å². The van der Waals surface area contributed by atoms with Gasteiger partial charge in [-0.2, -0.15) is 10.1 Å². The van der Waals surface area contributed by atoms with E-state index in [0.717, 1.165) is 40.8 Å². The minimum atomic E-state index is -0.838. The van der Waals surface area contributed by atoms with Gasteiger partial charge < -0.3 is 20.6 Å². The summed E-state index contributed by atoms with van der Waals surface area (Å²) in [5.74, 6) is -0.208. The first-order valence-corrected chi connectivity index (χ1v) is 14.4. The summed E-state index contributed by atoms with van der Waals surface area (Å²) in [7, 11) is 1.86. The van der Waals surface area contributed by atoms with Gasteiger partial charge in [-0.25, -0.2) is 4.39 Å². The van der Waals surface area contributed by atoms with Gasteiger partial charge in [-0.1, -0.05) is 66.8 Å². The Morgan fingerprint density at radius 1 is 1.17 bits per heavy atom. The number of carbonyl (C=O) groups is 1. The second-order valence-corrected chi connectivity index (χ2v) is 11.5. The highest BCUT2D eigenvalue weighted by atomic mass is 19.1. The number of fused-ring (bicyclic) bond motifs is 3. The van der Waals surface area contributed by atoms with Crippen molar-refractivity contribution in [1.29, 1.82) is 0 Å². The van der Waals surface area contributed by atoms with Crippen LogP contribution in [0.4, 0.5) is 10.2 Å². The molecule has 42 heavy (non-hydrogen) atoms. The van der Waals surface area contributed by atoms with Crippen molar-refractivity contribution < 1.29 is 14.3 Å². The molecule has 5 aliphatic rings. The molecule has 0 spiro atoms. The number of aliphatic hydroxyl groups is 1. The Labute approximate surface area is 243 Å². The molecule has 1 aromatic heterocycles.